The van der Waals surface area contributed by atoms with Gasteiger partial charge in [0.15, 0.2) is 0 Å². The molecule has 1 aliphatic rings. The van der Waals surface area contributed by atoms with Gasteiger partial charge in [0, 0.05) is 13.2 Å². The van der Waals surface area contributed by atoms with Crippen LogP contribution in [0.4, 0.5) is 5.69 Å². The summed E-state index contributed by atoms with van der Waals surface area (Å²) >= 11 is 6.19. The number of benzene rings is 1. The third kappa shape index (κ3) is 4.13. The van der Waals surface area contributed by atoms with Crippen molar-refractivity contribution in [3.63, 3.8) is 0 Å². The fraction of sp³-hybridized carbons (Fsp3) is 0.389. The number of halogens is 1. The zero-order valence-corrected chi connectivity index (χ0v) is 15.3. The van der Waals surface area contributed by atoms with Gasteiger partial charge in [-0.15, -0.1) is 0 Å². The maximum Gasteiger partial charge on any atom is 0.295 e. The van der Waals surface area contributed by atoms with Gasteiger partial charge in [-0.3, -0.25) is 4.79 Å². The highest BCUT2D eigenvalue weighted by Gasteiger charge is 2.21. The molecular weight excluding hydrogens is 370 g/mol. The number of anilines is 1. The first-order valence-electron chi connectivity index (χ1n) is 8.84. The molecule has 0 saturated heterocycles. The Kier molecular flexibility index (Phi) is 5.11. The van der Waals surface area contributed by atoms with Crippen LogP contribution in [0.25, 0.3) is 17.0 Å². The van der Waals surface area contributed by atoms with Crippen molar-refractivity contribution in [3.8, 4) is 5.95 Å². The van der Waals surface area contributed by atoms with E-state index in [1.807, 2.05) is 24.3 Å². The minimum absolute atomic E-state index is 0.0171. The number of imidazole rings is 1. The summed E-state index contributed by atoms with van der Waals surface area (Å²) in [7, 11) is 0. The van der Waals surface area contributed by atoms with Crippen molar-refractivity contribution < 1.29 is 9.84 Å². The topological polar surface area (TPSA) is 105 Å². The number of H-pyrrole nitrogens is 1. The first-order valence-corrected chi connectivity index (χ1v) is 9.22. The van der Waals surface area contributed by atoms with Gasteiger partial charge in [-0.25, -0.2) is 4.98 Å². The summed E-state index contributed by atoms with van der Waals surface area (Å²) in [5, 5.41) is 17.0. The molecule has 8 nitrogen and oxygen atoms in total. The summed E-state index contributed by atoms with van der Waals surface area (Å²) in [4.78, 5) is 19.9. The molecule has 0 aliphatic heterocycles. The van der Waals surface area contributed by atoms with E-state index in [1.165, 1.54) is 19.0 Å². The lowest BCUT2D eigenvalue weighted by molar-refractivity contribution is 0.0386. The standard InChI is InChI=1S/C18H20ClN5O3/c19-16-15(20-7-12(25)10-27-9-11-5-6-11)8-21-24(17(16)26)18-22-13-3-1-2-4-14(13)23-18/h1-4,8,11-12,20,25H,5-7,9-10H2,(H,22,23). The van der Waals surface area contributed by atoms with Crippen molar-refractivity contribution in [2.75, 3.05) is 25.1 Å². The number of ether oxygens (including phenoxy) is 1. The summed E-state index contributed by atoms with van der Waals surface area (Å²) in [5.41, 5.74) is 1.39. The van der Waals surface area contributed by atoms with Gasteiger partial charge in [0.25, 0.3) is 5.56 Å². The molecule has 0 spiro atoms. The van der Waals surface area contributed by atoms with Crippen molar-refractivity contribution in [2.24, 2.45) is 5.92 Å². The number of fused-ring (bicyclic) bond motifs is 1. The van der Waals surface area contributed by atoms with Crippen LogP contribution < -0.4 is 10.9 Å². The van der Waals surface area contributed by atoms with Crippen LogP contribution in [0, 0.1) is 5.92 Å². The molecule has 1 aliphatic carbocycles. The molecule has 1 saturated carbocycles. The lowest BCUT2D eigenvalue weighted by Gasteiger charge is -2.14. The fourth-order valence-corrected chi connectivity index (χ4v) is 2.88. The quantitative estimate of drug-likeness (QED) is 0.544. The van der Waals surface area contributed by atoms with Crippen LogP contribution >= 0.6 is 11.6 Å². The molecule has 1 fully saturated rings. The third-order valence-corrected chi connectivity index (χ3v) is 4.75. The summed E-state index contributed by atoms with van der Waals surface area (Å²) in [5.74, 6) is 0.942. The predicted molar refractivity (Wildman–Crippen MR) is 103 cm³/mol. The summed E-state index contributed by atoms with van der Waals surface area (Å²) in [6.45, 7) is 1.14. The van der Waals surface area contributed by atoms with Gasteiger partial charge in [-0.2, -0.15) is 9.78 Å². The second-order valence-corrected chi connectivity index (χ2v) is 7.06. The van der Waals surface area contributed by atoms with E-state index >= 15 is 0 Å². The molecule has 1 atom stereocenters. The van der Waals surface area contributed by atoms with Crippen molar-refractivity contribution in [3.05, 3.63) is 45.8 Å². The number of aliphatic hydroxyl groups is 1. The Bertz CT molecular complexity index is 965. The second-order valence-electron chi connectivity index (χ2n) is 6.68. The number of para-hydroxylation sites is 2. The molecule has 9 heteroatoms. The maximum absolute atomic E-state index is 12.5. The smallest absolute Gasteiger partial charge is 0.295 e. The van der Waals surface area contributed by atoms with Gasteiger partial charge in [-0.05, 0) is 30.9 Å². The number of aromatic nitrogens is 4. The van der Waals surface area contributed by atoms with Gasteiger partial charge in [0.2, 0.25) is 5.95 Å². The van der Waals surface area contributed by atoms with Crippen molar-refractivity contribution in [2.45, 2.75) is 18.9 Å². The molecule has 1 unspecified atom stereocenters. The number of aromatic amines is 1. The highest BCUT2D eigenvalue weighted by atomic mass is 35.5. The SMILES string of the molecule is O=c1c(Cl)c(NCC(O)COCC2CC2)cnn1-c1nc2ccccc2[nH]1. The van der Waals surface area contributed by atoms with Gasteiger partial charge < -0.3 is 20.1 Å². The van der Waals surface area contributed by atoms with E-state index < -0.39 is 11.7 Å². The van der Waals surface area contributed by atoms with Gasteiger partial charge in [0.1, 0.15) is 5.02 Å². The molecule has 3 N–H and O–H groups in total. The molecule has 1 aromatic carbocycles. The number of hydrogen-bond acceptors (Lipinski definition) is 6. The van der Waals surface area contributed by atoms with E-state index in [1.54, 1.807) is 0 Å². The normalized spacial score (nSPS) is 15.2. The van der Waals surface area contributed by atoms with Crippen molar-refractivity contribution in [1.29, 1.82) is 0 Å². The summed E-state index contributed by atoms with van der Waals surface area (Å²) in [6.07, 6.45) is 3.15. The molecule has 0 amide bonds. The Labute approximate surface area is 160 Å². The zero-order valence-electron chi connectivity index (χ0n) is 14.6. The van der Waals surface area contributed by atoms with Crippen LogP contribution in [0.15, 0.2) is 35.3 Å². The van der Waals surface area contributed by atoms with Crippen LogP contribution in [-0.4, -0.2) is 50.7 Å². The third-order valence-electron chi connectivity index (χ3n) is 4.39. The molecular formula is C18H20ClN5O3. The molecule has 142 valence electrons. The Hall–Kier alpha value is -2.42. The van der Waals surface area contributed by atoms with Crippen LogP contribution in [-0.2, 0) is 4.74 Å². The number of hydrogen-bond donors (Lipinski definition) is 3. The summed E-state index contributed by atoms with van der Waals surface area (Å²) < 4.78 is 6.56. The highest BCUT2D eigenvalue weighted by Crippen LogP contribution is 2.28. The Morgan fingerprint density at radius 3 is 3.00 bits per heavy atom. The predicted octanol–water partition coefficient (Wildman–Crippen LogP) is 1.96. The molecule has 2 aromatic heterocycles. The average Bonchev–Trinajstić information content (AvgIpc) is 3.39. The Morgan fingerprint density at radius 1 is 1.41 bits per heavy atom. The van der Waals surface area contributed by atoms with Crippen LogP contribution in [0.2, 0.25) is 5.02 Å². The minimum atomic E-state index is -0.697. The van der Waals surface area contributed by atoms with E-state index in [0.717, 1.165) is 15.7 Å². The van der Waals surface area contributed by atoms with Gasteiger partial charge >= 0.3 is 0 Å². The number of rotatable bonds is 8. The van der Waals surface area contributed by atoms with E-state index in [2.05, 4.69) is 20.4 Å². The van der Waals surface area contributed by atoms with E-state index in [4.69, 9.17) is 16.3 Å². The molecule has 2 heterocycles. The lowest BCUT2D eigenvalue weighted by Crippen LogP contribution is -2.28. The van der Waals surface area contributed by atoms with E-state index in [-0.39, 0.29) is 18.2 Å². The molecule has 4 rings (SSSR count). The first kappa shape index (κ1) is 18.0. The van der Waals surface area contributed by atoms with Gasteiger partial charge in [-0.1, -0.05) is 23.7 Å². The van der Waals surface area contributed by atoms with Crippen molar-refractivity contribution in [1.82, 2.24) is 19.7 Å². The lowest BCUT2D eigenvalue weighted by atomic mass is 10.3. The van der Waals surface area contributed by atoms with E-state index in [0.29, 0.717) is 24.2 Å². The number of nitrogens with one attached hydrogen (secondary N) is 2. The Balaban J connectivity index is 1.44. The minimum Gasteiger partial charge on any atom is -0.389 e. The fourth-order valence-electron chi connectivity index (χ4n) is 2.69. The molecule has 3 aromatic rings. The Morgan fingerprint density at radius 2 is 2.22 bits per heavy atom. The van der Waals surface area contributed by atoms with Crippen molar-refractivity contribution >= 4 is 28.3 Å². The summed E-state index contributed by atoms with van der Waals surface area (Å²) in [6, 6.07) is 7.44. The molecule has 0 bridgehead atoms. The van der Waals surface area contributed by atoms with E-state index in [9.17, 15) is 9.90 Å². The average molecular weight is 390 g/mol. The second kappa shape index (κ2) is 7.67. The highest BCUT2D eigenvalue weighted by molar-refractivity contribution is 6.32. The number of nitrogens with zero attached hydrogens (tertiary/aromatic N) is 3. The zero-order chi connectivity index (χ0) is 18.8. The molecule has 27 heavy (non-hydrogen) atoms. The maximum atomic E-state index is 12.5. The molecule has 0 radical (unpaired) electrons. The van der Waals surface area contributed by atoms with Crippen LogP contribution in [0.1, 0.15) is 12.8 Å². The monoisotopic (exact) mass is 389 g/mol. The van der Waals surface area contributed by atoms with Gasteiger partial charge in [0.05, 0.1) is 35.6 Å². The largest absolute Gasteiger partial charge is 0.389 e. The van der Waals surface area contributed by atoms with Crippen LogP contribution in [0.5, 0.6) is 0 Å². The first-order chi connectivity index (χ1) is 13.1. The van der Waals surface area contributed by atoms with Crippen LogP contribution in [0.3, 0.4) is 0 Å². The number of aliphatic hydroxyl groups excluding tert-OH is 1.